The van der Waals surface area contributed by atoms with E-state index in [0.717, 1.165) is 10.0 Å². The molecule has 1 unspecified atom stereocenters. The van der Waals surface area contributed by atoms with Gasteiger partial charge in [-0.2, -0.15) is 5.01 Å². The van der Waals surface area contributed by atoms with Gasteiger partial charge in [0.1, 0.15) is 5.75 Å². The van der Waals surface area contributed by atoms with E-state index in [1.165, 1.54) is 18.9 Å². The van der Waals surface area contributed by atoms with Crippen molar-refractivity contribution in [3.05, 3.63) is 57.8 Å². The van der Waals surface area contributed by atoms with Crippen LogP contribution >= 0.6 is 15.9 Å². The molecule has 0 radical (unpaired) electrons. The van der Waals surface area contributed by atoms with E-state index in [1.807, 2.05) is 13.0 Å². The van der Waals surface area contributed by atoms with Gasteiger partial charge in [-0.25, -0.2) is 0 Å². The average Bonchev–Trinajstić information content (AvgIpc) is 3.01. The SMILES string of the molecule is CC(=O)Oc1ccc(C)cc1C1=NN(C(C)=O)C(c2cncc(Br)c2)O1. The van der Waals surface area contributed by atoms with Crippen LogP contribution in [0.15, 0.2) is 46.2 Å². The van der Waals surface area contributed by atoms with Crippen molar-refractivity contribution in [3.8, 4) is 5.75 Å². The number of hydrazone groups is 1. The molecule has 1 atom stereocenters. The number of esters is 1. The molecule has 0 spiro atoms. The third-order valence-electron chi connectivity index (χ3n) is 3.60. The highest BCUT2D eigenvalue weighted by Crippen LogP contribution is 2.33. The zero-order valence-corrected chi connectivity index (χ0v) is 16.0. The maximum Gasteiger partial charge on any atom is 0.308 e. The van der Waals surface area contributed by atoms with Crippen LogP contribution in [0.3, 0.4) is 0 Å². The largest absolute Gasteiger partial charge is 0.446 e. The molecule has 0 fully saturated rings. The maximum absolute atomic E-state index is 12.0. The number of carbonyl (C=O) groups excluding carboxylic acids is 2. The standard InChI is InChI=1S/C18H16BrN3O4/c1-10-4-5-16(25-12(3)24)15(6-10)17-21-22(11(2)23)18(26-17)13-7-14(19)9-20-8-13/h4-9,18H,1-3H3. The zero-order chi connectivity index (χ0) is 18.8. The molecule has 7 nitrogen and oxygen atoms in total. The van der Waals surface area contributed by atoms with Gasteiger partial charge in [0, 0.05) is 36.3 Å². The monoisotopic (exact) mass is 417 g/mol. The molecule has 134 valence electrons. The van der Waals surface area contributed by atoms with Crippen molar-refractivity contribution in [2.24, 2.45) is 5.10 Å². The van der Waals surface area contributed by atoms with Crippen molar-refractivity contribution in [2.75, 3.05) is 0 Å². The average molecular weight is 418 g/mol. The Labute approximate surface area is 158 Å². The summed E-state index contributed by atoms with van der Waals surface area (Å²) in [7, 11) is 0. The van der Waals surface area contributed by atoms with E-state index in [0.29, 0.717) is 16.9 Å². The zero-order valence-electron chi connectivity index (χ0n) is 14.4. The van der Waals surface area contributed by atoms with Crippen LogP contribution in [0.4, 0.5) is 0 Å². The molecule has 1 aromatic heterocycles. The Kier molecular flexibility index (Phi) is 5.03. The van der Waals surface area contributed by atoms with Crippen LogP contribution in [0.5, 0.6) is 5.75 Å². The van der Waals surface area contributed by atoms with Gasteiger partial charge >= 0.3 is 5.97 Å². The number of benzene rings is 1. The number of pyridine rings is 1. The van der Waals surface area contributed by atoms with Crippen molar-refractivity contribution in [1.29, 1.82) is 0 Å². The van der Waals surface area contributed by atoms with Gasteiger partial charge in [-0.15, -0.1) is 5.10 Å². The highest BCUT2D eigenvalue weighted by atomic mass is 79.9. The summed E-state index contributed by atoms with van der Waals surface area (Å²) in [5.74, 6) is -0.222. The number of amides is 1. The Morgan fingerprint density at radius 1 is 1.23 bits per heavy atom. The van der Waals surface area contributed by atoms with Crippen LogP contribution in [0, 0.1) is 6.92 Å². The van der Waals surface area contributed by atoms with E-state index in [4.69, 9.17) is 9.47 Å². The quantitative estimate of drug-likeness (QED) is 0.565. The van der Waals surface area contributed by atoms with E-state index in [1.54, 1.807) is 30.6 Å². The minimum Gasteiger partial charge on any atom is -0.446 e. The lowest BCUT2D eigenvalue weighted by molar-refractivity contribution is -0.135. The van der Waals surface area contributed by atoms with E-state index in [-0.39, 0.29) is 11.8 Å². The second-order valence-electron chi connectivity index (χ2n) is 5.77. The first kappa shape index (κ1) is 18.1. The molecule has 2 heterocycles. The van der Waals surface area contributed by atoms with Crippen LogP contribution < -0.4 is 4.74 Å². The van der Waals surface area contributed by atoms with Gasteiger partial charge in [0.05, 0.1) is 5.56 Å². The lowest BCUT2D eigenvalue weighted by Crippen LogP contribution is -2.25. The van der Waals surface area contributed by atoms with E-state index >= 15 is 0 Å². The second kappa shape index (κ2) is 7.25. The number of hydrogen-bond acceptors (Lipinski definition) is 6. The summed E-state index contributed by atoms with van der Waals surface area (Å²) in [6.07, 6.45) is 2.49. The minimum absolute atomic E-state index is 0.199. The van der Waals surface area contributed by atoms with Crippen molar-refractivity contribution >= 4 is 33.7 Å². The van der Waals surface area contributed by atoms with Crippen LogP contribution in [0.25, 0.3) is 0 Å². The molecule has 2 aromatic rings. The smallest absolute Gasteiger partial charge is 0.308 e. The topological polar surface area (TPSA) is 81.1 Å². The Bertz CT molecular complexity index is 913. The number of halogens is 1. The van der Waals surface area contributed by atoms with Crippen LogP contribution in [-0.4, -0.2) is 27.8 Å². The number of aromatic nitrogens is 1. The summed E-state index contributed by atoms with van der Waals surface area (Å²) >= 11 is 3.36. The molecule has 26 heavy (non-hydrogen) atoms. The van der Waals surface area contributed by atoms with Gasteiger partial charge in [0.25, 0.3) is 0 Å². The first-order valence-electron chi connectivity index (χ1n) is 7.80. The molecule has 0 aliphatic carbocycles. The summed E-state index contributed by atoms with van der Waals surface area (Å²) in [6.45, 7) is 4.62. The number of aryl methyl sites for hydroxylation is 1. The molecule has 3 rings (SSSR count). The van der Waals surface area contributed by atoms with E-state index in [2.05, 4.69) is 26.0 Å². The summed E-state index contributed by atoms with van der Waals surface area (Å²) < 4.78 is 11.9. The van der Waals surface area contributed by atoms with Crippen molar-refractivity contribution in [3.63, 3.8) is 0 Å². The predicted molar refractivity (Wildman–Crippen MR) is 97.3 cm³/mol. The van der Waals surface area contributed by atoms with E-state index in [9.17, 15) is 9.59 Å². The van der Waals surface area contributed by atoms with Crippen LogP contribution in [0.2, 0.25) is 0 Å². The molecule has 0 saturated carbocycles. The van der Waals surface area contributed by atoms with Gasteiger partial charge in [-0.3, -0.25) is 14.6 Å². The third kappa shape index (κ3) is 3.75. The lowest BCUT2D eigenvalue weighted by atomic mass is 10.1. The third-order valence-corrected chi connectivity index (χ3v) is 4.03. The highest BCUT2D eigenvalue weighted by molar-refractivity contribution is 9.10. The van der Waals surface area contributed by atoms with Crippen LogP contribution in [-0.2, 0) is 14.3 Å². The molecule has 0 saturated heterocycles. The fourth-order valence-corrected chi connectivity index (χ4v) is 2.89. The maximum atomic E-state index is 12.0. The van der Waals surface area contributed by atoms with Crippen LogP contribution in [0.1, 0.15) is 36.8 Å². The number of carbonyl (C=O) groups is 2. The molecular weight excluding hydrogens is 402 g/mol. The summed E-state index contributed by atoms with van der Waals surface area (Å²) in [6, 6.07) is 7.08. The van der Waals surface area contributed by atoms with Crippen molar-refractivity contribution in [2.45, 2.75) is 27.0 Å². The highest BCUT2D eigenvalue weighted by Gasteiger charge is 2.34. The number of ether oxygens (including phenoxy) is 2. The number of rotatable bonds is 3. The first-order chi connectivity index (χ1) is 12.3. The van der Waals surface area contributed by atoms with Gasteiger partial charge in [0.15, 0.2) is 0 Å². The molecule has 8 heteroatoms. The number of nitrogens with zero attached hydrogens (tertiary/aromatic N) is 3. The van der Waals surface area contributed by atoms with Crippen molar-refractivity contribution in [1.82, 2.24) is 9.99 Å². The molecule has 0 bridgehead atoms. The predicted octanol–water partition coefficient (Wildman–Crippen LogP) is 3.32. The lowest BCUT2D eigenvalue weighted by Gasteiger charge is -2.19. The fraction of sp³-hybridized carbons (Fsp3) is 0.222. The van der Waals surface area contributed by atoms with E-state index < -0.39 is 12.2 Å². The second-order valence-corrected chi connectivity index (χ2v) is 6.68. The van der Waals surface area contributed by atoms with Gasteiger partial charge in [-0.05, 0) is 41.1 Å². The minimum atomic E-state index is -0.752. The molecule has 0 N–H and O–H groups in total. The Morgan fingerprint density at radius 3 is 2.65 bits per heavy atom. The fourth-order valence-electron chi connectivity index (χ4n) is 2.51. The van der Waals surface area contributed by atoms with Gasteiger partial charge < -0.3 is 9.47 Å². The molecule has 1 aromatic carbocycles. The Balaban J connectivity index is 2.02. The molecule has 1 amide bonds. The van der Waals surface area contributed by atoms with Gasteiger partial charge in [0.2, 0.25) is 18.0 Å². The Hall–Kier alpha value is -2.74. The summed E-state index contributed by atoms with van der Waals surface area (Å²) in [4.78, 5) is 27.5. The molecule has 1 aliphatic heterocycles. The molecular formula is C18H16BrN3O4. The Morgan fingerprint density at radius 2 is 2.00 bits per heavy atom. The van der Waals surface area contributed by atoms with Gasteiger partial charge in [-0.1, -0.05) is 11.6 Å². The van der Waals surface area contributed by atoms with Crippen molar-refractivity contribution < 1.29 is 19.1 Å². The number of hydrogen-bond donors (Lipinski definition) is 0. The first-order valence-corrected chi connectivity index (χ1v) is 8.59. The molecule has 1 aliphatic rings. The summed E-state index contributed by atoms with van der Waals surface area (Å²) in [5.41, 5.74) is 2.09. The summed E-state index contributed by atoms with van der Waals surface area (Å²) in [5, 5.41) is 5.53. The normalized spacial score (nSPS) is 16.1.